The van der Waals surface area contributed by atoms with E-state index >= 15 is 0 Å². The SMILES string of the molecule is COc1ccc(N2CC(N)CC(c3cccc(C)c3)C2)cc1OC. The van der Waals surface area contributed by atoms with Gasteiger partial charge in [0.2, 0.25) is 0 Å². The number of aryl methyl sites for hydroxylation is 1. The molecule has 2 aromatic carbocycles. The van der Waals surface area contributed by atoms with Gasteiger partial charge < -0.3 is 20.1 Å². The Morgan fingerprint density at radius 2 is 1.79 bits per heavy atom. The Hall–Kier alpha value is -2.20. The van der Waals surface area contributed by atoms with Crippen molar-refractivity contribution in [2.24, 2.45) is 5.73 Å². The van der Waals surface area contributed by atoms with Gasteiger partial charge in [-0.05, 0) is 31.0 Å². The molecule has 1 saturated heterocycles. The van der Waals surface area contributed by atoms with E-state index in [1.165, 1.54) is 11.1 Å². The molecule has 1 aliphatic rings. The summed E-state index contributed by atoms with van der Waals surface area (Å²) < 4.78 is 10.8. The van der Waals surface area contributed by atoms with E-state index in [-0.39, 0.29) is 6.04 Å². The van der Waals surface area contributed by atoms with Crippen molar-refractivity contribution in [2.75, 3.05) is 32.2 Å². The molecule has 2 aromatic rings. The van der Waals surface area contributed by atoms with Crippen molar-refractivity contribution in [3.05, 3.63) is 53.6 Å². The Kier molecular flexibility index (Phi) is 4.95. The van der Waals surface area contributed by atoms with Crippen LogP contribution < -0.4 is 20.1 Å². The average Bonchev–Trinajstić information content (AvgIpc) is 2.60. The van der Waals surface area contributed by atoms with Crippen LogP contribution in [0.1, 0.15) is 23.5 Å². The van der Waals surface area contributed by atoms with Gasteiger partial charge in [-0.15, -0.1) is 0 Å². The summed E-state index contributed by atoms with van der Waals surface area (Å²) in [5.41, 5.74) is 10.1. The minimum atomic E-state index is 0.164. The number of anilines is 1. The summed E-state index contributed by atoms with van der Waals surface area (Å²) in [5.74, 6) is 1.95. The van der Waals surface area contributed by atoms with Crippen LogP contribution in [0.15, 0.2) is 42.5 Å². The lowest BCUT2D eigenvalue weighted by atomic mass is 9.87. The number of nitrogens with two attached hydrogens (primary N) is 1. The van der Waals surface area contributed by atoms with Gasteiger partial charge in [0.15, 0.2) is 11.5 Å². The summed E-state index contributed by atoms with van der Waals surface area (Å²) in [7, 11) is 3.32. The van der Waals surface area contributed by atoms with Gasteiger partial charge in [-0.3, -0.25) is 0 Å². The topological polar surface area (TPSA) is 47.7 Å². The number of piperidine rings is 1. The number of ether oxygens (including phenoxy) is 2. The first-order valence-corrected chi connectivity index (χ1v) is 8.40. The summed E-state index contributed by atoms with van der Waals surface area (Å²) in [6.45, 7) is 3.96. The normalized spacial score (nSPS) is 20.8. The lowest BCUT2D eigenvalue weighted by Gasteiger charge is -2.38. The first kappa shape index (κ1) is 16.7. The van der Waals surface area contributed by atoms with E-state index in [9.17, 15) is 0 Å². The Labute approximate surface area is 144 Å². The van der Waals surface area contributed by atoms with Crippen molar-refractivity contribution < 1.29 is 9.47 Å². The molecule has 4 heteroatoms. The largest absolute Gasteiger partial charge is 0.493 e. The quantitative estimate of drug-likeness (QED) is 0.936. The van der Waals surface area contributed by atoms with Crippen LogP contribution >= 0.6 is 0 Å². The number of hydrogen-bond donors (Lipinski definition) is 1. The van der Waals surface area contributed by atoms with Crippen molar-refractivity contribution in [3.8, 4) is 11.5 Å². The molecule has 1 aliphatic heterocycles. The third-order valence-electron chi connectivity index (χ3n) is 4.73. The molecule has 0 aromatic heterocycles. The summed E-state index contributed by atoms with van der Waals surface area (Å²) in [5, 5.41) is 0. The molecule has 128 valence electrons. The highest BCUT2D eigenvalue weighted by Gasteiger charge is 2.27. The van der Waals surface area contributed by atoms with Crippen LogP contribution in [-0.4, -0.2) is 33.4 Å². The molecular formula is C20H26N2O2. The molecule has 2 N–H and O–H groups in total. The van der Waals surface area contributed by atoms with E-state index in [1.807, 2.05) is 12.1 Å². The maximum atomic E-state index is 6.36. The zero-order valence-corrected chi connectivity index (χ0v) is 14.7. The fraction of sp³-hybridized carbons (Fsp3) is 0.400. The minimum Gasteiger partial charge on any atom is -0.493 e. The van der Waals surface area contributed by atoms with Gasteiger partial charge in [-0.25, -0.2) is 0 Å². The number of methoxy groups -OCH3 is 2. The van der Waals surface area contributed by atoms with E-state index < -0.39 is 0 Å². The monoisotopic (exact) mass is 326 g/mol. The van der Waals surface area contributed by atoms with Gasteiger partial charge in [0.05, 0.1) is 14.2 Å². The third-order valence-corrected chi connectivity index (χ3v) is 4.73. The second-order valence-corrected chi connectivity index (χ2v) is 6.55. The molecule has 0 radical (unpaired) electrons. The van der Waals surface area contributed by atoms with Crippen molar-refractivity contribution in [3.63, 3.8) is 0 Å². The van der Waals surface area contributed by atoms with E-state index in [4.69, 9.17) is 15.2 Å². The lowest BCUT2D eigenvalue weighted by molar-refractivity contribution is 0.354. The zero-order valence-electron chi connectivity index (χ0n) is 14.7. The molecule has 1 fully saturated rings. The Morgan fingerprint density at radius 3 is 2.50 bits per heavy atom. The van der Waals surface area contributed by atoms with E-state index in [0.29, 0.717) is 5.92 Å². The van der Waals surface area contributed by atoms with Crippen LogP contribution in [0.2, 0.25) is 0 Å². The Balaban J connectivity index is 1.86. The fourth-order valence-electron chi connectivity index (χ4n) is 3.54. The number of hydrogen-bond acceptors (Lipinski definition) is 4. The molecular weight excluding hydrogens is 300 g/mol. The maximum Gasteiger partial charge on any atom is 0.162 e. The summed E-state index contributed by atoms with van der Waals surface area (Å²) in [6, 6.07) is 15.0. The van der Waals surface area contributed by atoms with Crippen LogP contribution in [0.5, 0.6) is 11.5 Å². The van der Waals surface area contributed by atoms with Crippen LogP contribution in [-0.2, 0) is 0 Å². The molecule has 0 bridgehead atoms. The second-order valence-electron chi connectivity index (χ2n) is 6.55. The third kappa shape index (κ3) is 3.49. The first-order valence-electron chi connectivity index (χ1n) is 8.40. The Bertz CT molecular complexity index is 702. The fourth-order valence-corrected chi connectivity index (χ4v) is 3.54. The summed E-state index contributed by atoms with van der Waals surface area (Å²) in [4.78, 5) is 2.35. The highest BCUT2D eigenvalue weighted by molar-refractivity contribution is 5.57. The number of benzene rings is 2. The second kappa shape index (κ2) is 7.14. The molecule has 0 spiro atoms. The Morgan fingerprint density at radius 1 is 1.00 bits per heavy atom. The minimum absolute atomic E-state index is 0.164. The van der Waals surface area contributed by atoms with E-state index in [1.54, 1.807) is 14.2 Å². The summed E-state index contributed by atoms with van der Waals surface area (Å²) in [6.07, 6.45) is 1.02. The molecule has 2 atom stereocenters. The van der Waals surface area contributed by atoms with Crippen LogP contribution in [0, 0.1) is 6.92 Å². The van der Waals surface area contributed by atoms with Gasteiger partial charge in [-0.1, -0.05) is 29.8 Å². The van der Waals surface area contributed by atoms with Gasteiger partial charge in [-0.2, -0.15) is 0 Å². The van der Waals surface area contributed by atoms with Crippen LogP contribution in [0.3, 0.4) is 0 Å². The van der Waals surface area contributed by atoms with Crippen molar-refractivity contribution in [1.29, 1.82) is 0 Å². The highest BCUT2D eigenvalue weighted by atomic mass is 16.5. The van der Waals surface area contributed by atoms with Gasteiger partial charge in [0.1, 0.15) is 0 Å². The molecule has 4 nitrogen and oxygen atoms in total. The number of nitrogens with zero attached hydrogens (tertiary/aromatic N) is 1. The summed E-state index contributed by atoms with van der Waals surface area (Å²) >= 11 is 0. The predicted molar refractivity (Wildman–Crippen MR) is 98.3 cm³/mol. The highest BCUT2D eigenvalue weighted by Crippen LogP contribution is 2.35. The standard InChI is InChI=1S/C20H26N2O2/c1-14-5-4-6-15(9-14)16-10-17(21)13-22(12-16)18-7-8-19(23-2)20(11-18)24-3/h4-9,11,16-17H,10,12-13,21H2,1-3H3. The van der Waals surface area contributed by atoms with E-state index in [2.05, 4.69) is 42.2 Å². The first-order chi connectivity index (χ1) is 11.6. The van der Waals surface area contributed by atoms with Crippen molar-refractivity contribution in [2.45, 2.75) is 25.3 Å². The molecule has 3 rings (SSSR count). The van der Waals surface area contributed by atoms with Gasteiger partial charge >= 0.3 is 0 Å². The van der Waals surface area contributed by atoms with E-state index in [0.717, 1.165) is 36.7 Å². The maximum absolute atomic E-state index is 6.36. The van der Waals surface area contributed by atoms with Crippen molar-refractivity contribution >= 4 is 5.69 Å². The molecule has 1 heterocycles. The van der Waals surface area contributed by atoms with Gasteiger partial charge in [0, 0.05) is 36.8 Å². The molecule has 0 amide bonds. The zero-order chi connectivity index (χ0) is 17.1. The van der Waals surface area contributed by atoms with Crippen LogP contribution in [0.25, 0.3) is 0 Å². The van der Waals surface area contributed by atoms with Gasteiger partial charge in [0.25, 0.3) is 0 Å². The number of rotatable bonds is 4. The van der Waals surface area contributed by atoms with Crippen LogP contribution in [0.4, 0.5) is 5.69 Å². The smallest absolute Gasteiger partial charge is 0.162 e. The predicted octanol–water partition coefficient (Wildman–Crippen LogP) is 3.33. The lowest BCUT2D eigenvalue weighted by Crippen LogP contribution is -2.46. The molecule has 2 unspecified atom stereocenters. The average molecular weight is 326 g/mol. The molecule has 0 aliphatic carbocycles. The van der Waals surface area contributed by atoms with Crippen molar-refractivity contribution in [1.82, 2.24) is 0 Å². The molecule has 0 saturated carbocycles. The molecule has 24 heavy (non-hydrogen) atoms.